The molecule has 8 nitrogen and oxygen atoms in total. The van der Waals surface area contributed by atoms with E-state index in [0.717, 1.165) is 22.3 Å². The number of amides is 2. The Morgan fingerprint density at radius 3 is 2.26 bits per heavy atom. The zero-order chi connectivity index (χ0) is 24.8. The first kappa shape index (κ1) is 23.5. The molecule has 1 aliphatic rings. The average Bonchev–Trinajstić information content (AvgIpc) is 3.19. The molecular weight excluding hydrogens is 446 g/mol. The highest BCUT2D eigenvalue weighted by Gasteiger charge is 2.29. The summed E-state index contributed by atoms with van der Waals surface area (Å²) >= 11 is 0. The van der Waals surface area contributed by atoms with Crippen LogP contribution >= 0.6 is 0 Å². The second-order valence-electron chi connectivity index (χ2n) is 7.88. The Bertz CT molecular complexity index is 1280. The lowest BCUT2D eigenvalue weighted by Gasteiger charge is -2.14. The minimum atomic E-state index is -1.19. The molecule has 1 unspecified atom stereocenters. The zero-order valence-electron chi connectivity index (χ0n) is 18.9. The highest BCUT2D eigenvalue weighted by atomic mass is 16.5. The van der Waals surface area contributed by atoms with Gasteiger partial charge in [0.25, 0.3) is 5.91 Å². The third kappa shape index (κ3) is 5.31. The number of carbonyl (C=O) groups excluding carboxylic acids is 2. The number of nitrogens with zero attached hydrogens (tertiary/aromatic N) is 1. The summed E-state index contributed by atoms with van der Waals surface area (Å²) in [5, 5.41) is 14.2. The molecule has 1 heterocycles. The van der Waals surface area contributed by atoms with Crippen LogP contribution in [0.1, 0.15) is 40.9 Å². The van der Waals surface area contributed by atoms with Gasteiger partial charge in [-0.05, 0) is 41.3 Å². The molecule has 2 amide bonds. The van der Waals surface area contributed by atoms with E-state index < -0.39 is 24.0 Å². The third-order valence-electron chi connectivity index (χ3n) is 5.67. The van der Waals surface area contributed by atoms with Crippen molar-refractivity contribution in [2.45, 2.75) is 25.3 Å². The van der Waals surface area contributed by atoms with Crippen LogP contribution in [0.5, 0.6) is 0 Å². The van der Waals surface area contributed by atoms with E-state index in [0.29, 0.717) is 5.69 Å². The fourth-order valence-corrected chi connectivity index (χ4v) is 3.99. The van der Waals surface area contributed by atoms with Gasteiger partial charge in [-0.15, -0.1) is 11.8 Å². The minimum Gasteiger partial charge on any atom is -0.480 e. The lowest BCUT2D eigenvalue weighted by atomic mass is 9.98. The SMILES string of the molecule is CC#CCC(NC(=O)c1ccc(NC(=O)OCC2c3ccccc3-c3ccccc32)cn1)C(=O)O. The first-order valence-corrected chi connectivity index (χ1v) is 11.0. The lowest BCUT2D eigenvalue weighted by molar-refractivity contribution is -0.139. The molecule has 0 saturated carbocycles. The molecule has 0 bridgehead atoms. The van der Waals surface area contributed by atoms with Crippen LogP contribution < -0.4 is 10.6 Å². The number of pyridine rings is 1. The van der Waals surface area contributed by atoms with Crippen LogP contribution in [-0.2, 0) is 9.53 Å². The Balaban J connectivity index is 1.35. The monoisotopic (exact) mass is 469 g/mol. The number of aromatic nitrogens is 1. The highest BCUT2D eigenvalue weighted by Crippen LogP contribution is 2.44. The minimum absolute atomic E-state index is 0.0128. The molecule has 1 aliphatic carbocycles. The third-order valence-corrected chi connectivity index (χ3v) is 5.67. The number of benzene rings is 2. The Hall–Kier alpha value is -4.64. The summed E-state index contributed by atoms with van der Waals surface area (Å²) in [6.45, 7) is 1.76. The molecule has 0 spiro atoms. The van der Waals surface area contributed by atoms with Crippen LogP contribution in [0.4, 0.5) is 10.5 Å². The van der Waals surface area contributed by atoms with Crippen LogP contribution in [0.25, 0.3) is 11.1 Å². The van der Waals surface area contributed by atoms with E-state index in [-0.39, 0.29) is 24.6 Å². The first-order chi connectivity index (χ1) is 17.0. The number of carboxylic acids is 1. The number of carboxylic acid groups (broad SMARTS) is 1. The van der Waals surface area contributed by atoms with E-state index in [1.54, 1.807) is 6.92 Å². The van der Waals surface area contributed by atoms with Gasteiger partial charge < -0.3 is 15.2 Å². The normalized spacial score (nSPS) is 12.4. The summed E-state index contributed by atoms with van der Waals surface area (Å²) in [7, 11) is 0. The fourth-order valence-electron chi connectivity index (χ4n) is 3.99. The summed E-state index contributed by atoms with van der Waals surface area (Å²) in [5.41, 5.74) is 4.86. The highest BCUT2D eigenvalue weighted by molar-refractivity contribution is 5.95. The van der Waals surface area contributed by atoms with Gasteiger partial charge in [0.2, 0.25) is 0 Å². The lowest BCUT2D eigenvalue weighted by Crippen LogP contribution is -2.40. The molecular formula is C27H23N3O5. The molecule has 0 fully saturated rings. The molecule has 3 aromatic rings. The first-order valence-electron chi connectivity index (χ1n) is 11.0. The van der Waals surface area contributed by atoms with Crippen molar-refractivity contribution in [2.75, 3.05) is 11.9 Å². The van der Waals surface area contributed by atoms with Gasteiger partial charge in [0, 0.05) is 12.3 Å². The second kappa shape index (κ2) is 10.5. The summed E-state index contributed by atoms with van der Waals surface area (Å²) in [5.74, 6) is 3.34. The van der Waals surface area contributed by atoms with Crippen molar-refractivity contribution in [1.29, 1.82) is 0 Å². The van der Waals surface area contributed by atoms with Crippen molar-refractivity contribution in [3.63, 3.8) is 0 Å². The Morgan fingerprint density at radius 2 is 1.69 bits per heavy atom. The Kier molecular flexibility index (Phi) is 7.07. The van der Waals surface area contributed by atoms with E-state index in [9.17, 15) is 19.5 Å². The summed E-state index contributed by atoms with van der Waals surface area (Å²) in [4.78, 5) is 40.0. The van der Waals surface area contributed by atoms with E-state index in [2.05, 4.69) is 39.6 Å². The summed E-state index contributed by atoms with van der Waals surface area (Å²) in [6.07, 6.45) is 0.645. The Morgan fingerprint density at radius 1 is 1.03 bits per heavy atom. The van der Waals surface area contributed by atoms with Crippen LogP contribution in [0.2, 0.25) is 0 Å². The molecule has 0 aliphatic heterocycles. The van der Waals surface area contributed by atoms with Crippen LogP contribution in [0, 0.1) is 11.8 Å². The number of ether oxygens (including phenoxy) is 1. The van der Waals surface area contributed by atoms with Gasteiger partial charge in [-0.2, -0.15) is 0 Å². The molecule has 0 saturated heterocycles. The maximum Gasteiger partial charge on any atom is 0.411 e. The predicted molar refractivity (Wildman–Crippen MR) is 130 cm³/mol. The molecule has 8 heteroatoms. The Labute approximate surface area is 202 Å². The molecule has 0 radical (unpaired) electrons. The van der Waals surface area contributed by atoms with Crippen molar-refractivity contribution < 1.29 is 24.2 Å². The van der Waals surface area contributed by atoms with Gasteiger partial charge in [0.1, 0.15) is 18.3 Å². The largest absolute Gasteiger partial charge is 0.480 e. The molecule has 1 atom stereocenters. The van der Waals surface area contributed by atoms with Gasteiger partial charge in [-0.3, -0.25) is 10.1 Å². The van der Waals surface area contributed by atoms with Crippen molar-refractivity contribution in [3.05, 3.63) is 83.7 Å². The van der Waals surface area contributed by atoms with Crippen LogP contribution in [-0.4, -0.2) is 40.7 Å². The van der Waals surface area contributed by atoms with Crippen LogP contribution in [0.15, 0.2) is 66.9 Å². The molecule has 35 heavy (non-hydrogen) atoms. The van der Waals surface area contributed by atoms with E-state index in [1.807, 2.05) is 36.4 Å². The second-order valence-corrected chi connectivity index (χ2v) is 7.88. The quantitative estimate of drug-likeness (QED) is 0.450. The summed E-state index contributed by atoms with van der Waals surface area (Å²) in [6, 6.07) is 17.9. The number of fused-ring (bicyclic) bond motifs is 3. The smallest absolute Gasteiger partial charge is 0.411 e. The zero-order valence-corrected chi connectivity index (χ0v) is 18.9. The topological polar surface area (TPSA) is 118 Å². The molecule has 4 rings (SSSR count). The molecule has 2 aromatic carbocycles. The van der Waals surface area contributed by atoms with Gasteiger partial charge in [-0.25, -0.2) is 14.6 Å². The van der Waals surface area contributed by atoms with E-state index >= 15 is 0 Å². The van der Waals surface area contributed by atoms with Crippen LogP contribution in [0.3, 0.4) is 0 Å². The number of rotatable bonds is 7. The van der Waals surface area contributed by atoms with Crippen molar-refractivity contribution in [3.8, 4) is 23.0 Å². The maximum atomic E-state index is 12.4. The van der Waals surface area contributed by atoms with Crippen molar-refractivity contribution >= 4 is 23.7 Å². The molecule has 1 aromatic heterocycles. The summed E-state index contributed by atoms with van der Waals surface area (Å²) < 4.78 is 5.50. The number of nitrogens with one attached hydrogen (secondary N) is 2. The van der Waals surface area contributed by atoms with Crippen molar-refractivity contribution in [2.24, 2.45) is 0 Å². The molecule has 3 N–H and O–H groups in total. The van der Waals surface area contributed by atoms with Gasteiger partial charge in [-0.1, -0.05) is 48.5 Å². The van der Waals surface area contributed by atoms with Gasteiger partial charge in [0.15, 0.2) is 0 Å². The average molecular weight is 469 g/mol. The maximum absolute atomic E-state index is 12.4. The predicted octanol–water partition coefficient (Wildman–Crippen LogP) is 4.04. The molecule has 176 valence electrons. The fraction of sp³-hybridized carbons (Fsp3) is 0.185. The van der Waals surface area contributed by atoms with E-state index in [1.165, 1.54) is 18.3 Å². The van der Waals surface area contributed by atoms with Gasteiger partial charge in [0.05, 0.1) is 11.9 Å². The number of anilines is 1. The standard InChI is InChI=1S/C27H23N3O5/c1-2-3-12-24(26(32)33)30-25(31)23-14-13-17(15-28-23)29-27(34)35-16-22-20-10-6-4-8-18(20)19-9-5-7-11-21(19)22/h4-11,13-15,22,24H,12,16H2,1H3,(H,29,34)(H,30,31)(H,32,33). The number of hydrogen-bond acceptors (Lipinski definition) is 5. The number of hydrogen-bond donors (Lipinski definition) is 3. The van der Waals surface area contributed by atoms with E-state index in [4.69, 9.17) is 4.74 Å². The number of carbonyl (C=O) groups is 3. The number of aliphatic carboxylic acids is 1. The van der Waals surface area contributed by atoms with Crippen molar-refractivity contribution in [1.82, 2.24) is 10.3 Å². The van der Waals surface area contributed by atoms with Gasteiger partial charge >= 0.3 is 12.1 Å².